The molecule has 0 radical (unpaired) electrons. The van der Waals surface area contributed by atoms with Crippen molar-refractivity contribution in [3.05, 3.63) is 51.9 Å². The first-order valence-electron chi connectivity index (χ1n) is 7.85. The number of hydrogen-bond donors (Lipinski definition) is 1. The second kappa shape index (κ2) is 7.65. The largest absolute Gasteiger partial charge is 0.377 e. The zero-order valence-corrected chi connectivity index (χ0v) is 15.3. The van der Waals surface area contributed by atoms with Crippen molar-refractivity contribution in [3.8, 4) is 0 Å². The molecule has 0 spiro atoms. The van der Waals surface area contributed by atoms with Gasteiger partial charge < -0.3 is 4.74 Å². The van der Waals surface area contributed by atoms with E-state index < -0.39 is 16.1 Å². The van der Waals surface area contributed by atoms with Crippen LogP contribution in [0.2, 0.25) is 5.02 Å². The number of nitrogens with zero attached hydrogens (tertiary/aromatic N) is 3. The molecular formula is C16H19ClN4O3S. The van der Waals surface area contributed by atoms with Gasteiger partial charge in [0.15, 0.2) is 5.82 Å². The number of hydrogen-bond acceptors (Lipinski definition) is 5. The van der Waals surface area contributed by atoms with E-state index in [0.717, 1.165) is 23.9 Å². The van der Waals surface area contributed by atoms with E-state index >= 15 is 0 Å². The monoisotopic (exact) mass is 382 g/mol. The van der Waals surface area contributed by atoms with Crippen LogP contribution in [-0.4, -0.2) is 30.3 Å². The molecule has 0 aliphatic carbocycles. The number of sulfonamides is 1. The molecule has 1 aromatic heterocycles. The quantitative estimate of drug-likeness (QED) is 0.829. The summed E-state index contributed by atoms with van der Waals surface area (Å²) in [6, 6.07) is 6.53. The van der Waals surface area contributed by atoms with Gasteiger partial charge in [0.2, 0.25) is 10.0 Å². The molecule has 25 heavy (non-hydrogen) atoms. The third-order valence-corrected chi connectivity index (χ3v) is 5.17. The maximum Gasteiger partial charge on any atom is 0.234 e. The molecule has 2 aromatic rings. The Kier molecular flexibility index (Phi) is 5.53. The van der Waals surface area contributed by atoms with Crippen molar-refractivity contribution in [1.82, 2.24) is 19.5 Å². The summed E-state index contributed by atoms with van der Waals surface area (Å²) in [5, 5.41) is 6.10. The highest BCUT2D eigenvalue weighted by molar-refractivity contribution is 7.92. The molecule has 1 unspecified atom stereocenters. The summed E-state index contributed by atoms with van der Waals surface area (Å²) < 4.78 is 34.2. The lowest BCUT2D eigenvalue weighted by molar-refractivity contribution is 0.177. The molecule has 0 fully saturated rings. The Morgan fingerprint density at radius 2 is 2.16 bits per heavy atom. The van der Waals surface area contributed by atoms with Crippen LogP contribution >= 0.6 is 11.6 Å². The molecular weight excluding hydrogens is 364 g/mol. The average molecular weight is 383 g/mol. The van der Waals surface area contributed by atoms with E-state index in [0.29, 0.717) is 29.7 Å². The number of fused-ring (bicyclic) bond motifs is 1. The molecule has 3 rings (SSSR count). The van der Waals surface area contributed by atoms with Crippen molar-refractivity contribution < 1.29 is 13.2 Å². The Morgan fingerprint density at radius 3 is 2.88 bits per heavy atom. The fourth-order valence-corrected chi connectivity index (χ4v) is 3.84. The van der Waals surface area contributed by atoms with E-state index in [9.17, 15) is 8.42 Å². The van der Waals surface area contributed by atoms with Crippen molar-refractivity contribution in [2.24, 2.45) is 0 Å². The lowest BCUT2D eigenvalue weighted by Gasteiger charge is -2.22. The summed E-state index contributed by atoms with van der Waals surface area (Å²) in [7, 11) is -2.04. The van der Waals surface area contributed by atoms with Crippen LogP contribution in [-0.2, 0) is 27.9 Å². The molecule has 134 valence electrons. The Morgan fingerprint density at radius 1 is 1.40 bits per heavy atom. The fourth-order valence-electron chi connectivity index (χ4n) is 2.68. The second-order valence-corrected chi connectivity index (χ2v) is 7.79. The summed E-state index contributed by atoms with van der Waals surface area (Å²) in [5.74, 6) is 1.18. The topological polar surface area (TPSA) is 86.1 Å². The Balaban J connectivity index is 1.74. The minimum atomic E-state index is -3.61. The molecule has 1 atom stereocenters. The molecule has 1 aliphatic heterocycles. The van der Waals surface area contributed by atoms with Gasteiger partial charge >= 0.3 is 0 Å². The van der Waals surface area contributed by atoms with Gasteiger partial charge in [0.05, 0.1) is 6.04 Å². The van der Waals surface area contributed by atoms with Crippen LogP contribution in [0, 0.1) is 0 Å². The van der Waals surface area contributed by atoms with Crippen LogP contribution < -0.4 is 4.72 Å². The van der Waals surface area contributed by atoms with Gasteiger partial charge in [-0.25, -0.2) is 22.8 Å². The third-order valence-electron chi connectivity index (χ3n) is 3.81. The zero-order valence-electron chi connectivity index (χ0n) is 13.7. The van der Waals surface area contributed by atoms with Gasteiger partial charge in [-0.15, -0.1) is 0 Å². The molecule has 1 aliphatic rings. The fraction of sp³-hybridized carbons (Fsp3) is 0.375. The van der Waals surface area contributed by atoms with E-state index in [1.54, 1.807) is 36.1 Å². The van der Waals surface area contributed by atoms with Gasteiger partial charge in [0.25, 0.3) is 0 Å². The predicted molar refractivity (Wildman–Crippen MR) is 95.3 cm³/mol. The van der Waals surface area contributed by atoms with Crippen LogP contribution in [0.3, 0.4) is 0 Å². The molecule has 0 bridgehead atoms. The summed E-state index contributed by atoms with van der Waals surface area (Å²) >= 11 is 5.82. The van der Waals surface area contributed by atoms with Gasteiger partial charge in [-0.2, -0.15) is 5.10 Å². The zero-order chi connectivity index (χ0) is 17.9. The predicted octanol–water partition coefficient (Wildman–Crippen LogP) is 2.50. The first kappa shape index (κ1) is 18.1. The molecule has 7 nitrogen and oxygen atoms in total. The number of methoxy groups -OCH3 is 1. The van der Waals surface area contributed by atoms with Crippen molar-refractivity contribution in [2.75, 3.05) is 7.11 Å². The summed E-state index contributed by atoms with van der Waals surface area (Å²) in [5.41, 5.74) is 0.754. The lowest BCUT2D eigenvalue weighted by Crippen LogP contribution is -2.32. The van der Waals surface area contributed by atoms with Crippen molar-refractivity contribution in [3.63, 3.8) is 0 Å². The van der Waals surface area contributed by atoms with Gasteiger partial charge in [-0.05, 0) is 36.6 Å². The van der Waals surface area contributed by atoms with Crippen LogP contribution in [0.25, 0.3) is 6.08 Å². The normalized spacial score (nSPS) is 17.8. The highest BCUT2D eigenvalue weighted by Gasteiger charge is 2.27. The maximum atomic E-state index is 12.4. The van der Waals surface area contributed by atoms with E-state index in [-0.39, 0.29) is 0 Å². The van der Waals surface area contributed by atoms with Crippen LogP contribution in [0.5, 0.6) is 0 Å². The molecule has 2 heterocycles. The van der Waals surface area contributed by atoms with E-state index in [1.165, 1.54) is 6.08 Å². The molecule has 0 saturated carbocycles. The smallest absolute Gasteiger partial charge is 0.234 e. The van der Waals surface area contributed by atoms with Crippen molar-refractivity contribution >= 4 is 27.7 Å². The number of rotatable bonds is 6. The summed E-state index contributed by atoms with van der Waals surface area (Å²) in [4.78, 5) is 4.40. The number of aryl methyl sites for hydroxylation is 1. The van der Waals surface area contributed by atoms with Gasteiger partial charge in [-0.3, -0.25) is 0 Å². The summed E-state index contributed by atoms with van der Waals surface area (Å²) in [6.45, 7) is 1.03. The standard InChI is InChI=1S/C16H19ClN4O3S/c1-24-11-15-18-16-14(3-2-9-21(16)19-15)20-25(22,23)10-8-12-4-6-13(17)7-5-12/h4-8,10,14,20H,2-3,9,11H2,1H3/b10-8+. The number of aromatic nitrogens is 3. The first-order chi connectivity index (χ1) is 12.0. The van der Waals surface area contributed by atoms with Crippen LogP contribution in [0.1, 0.15) is 36.1 Å². The van der Waals surface area contributed by atoms with Gasteiger partial charge in [0, 0.05) is 24.1 Å². The SMILES string of the molecule is COCc1nc2n(n1)CCCC2NS(=O)(=O)/C=C/c1ccc(Cl)cc1. The van der Waals surface area contributed by atoms with Gasteiger partial charge in [-0.1, -0.05) is 23.7 Å². The Labute approximate surface area is 151 Å². The average Bonchev–Trinajstić information content (AvgIpc) is 2.98. The first-order valence-corrected chi connectivity index (χ1v) is 9.78. The Bertz CT molecular complexity index is 862. The van der Waals surface area contributed by atoms with Crippen molar-refractivity contribution in [1.29, 1.82) is 0 Å². The number of ether oxygens (including phenoxy) is 1. The molecule has 1 N–H and O–H groups in total. The van der Waals surface area contributed by atoms with Crippen molar-refractivity contribution in [2.45, 2.75) is 32.0 Å². The van der Waals surface area contributed by atoms with E-state index in [1.807, 2.05) is 0 Å². The minimum absolute atomic E-state index is 0.302. The van der Waals surface area contributed by atoms with Gasteiger partial charge in [0.1, 0.15) is 12.4 Å². The molecule has 9 heteroatoms. The molecule has 1 aromatic carbocycles. The Hall–Kier alpha value is -1.74. The highest BCUT2D eigenvalue weighted by Crippen LogP contribution is 2.24. The number of nitrogens with one attached hydrogen (secondary N) is 1. The lowest BCUT2D eigenvalue weighted by atomic mass is 10.1. The van der Waals surface area contributed by atoms with E-state index in [2.05, 4.69) is 14.8 Å². The van der Waals surface area contributed by atoms with Crippen LogP contribution in [0.15, 0.2) is 29.7 Å². The summed E-state index contributed by atoms with van der Waals surface area (Å²) in [6.07, 6.45) is 3.04. The highest BCUT2D eigenvalue weighted by atomic mass is 35.5. The minimum Gasteiger partial charge on any atom is -0.377 e. The number of benzene rings is 1. The number of halogens is 1. The third kappa shape index (κ3) is 4.66. The molecule has 0 amide bonds. The van der Waals surface area contributed by atoms with Crippen LogP contribution in [0.4, 0.5) is 0 Å². The van der Waals surface area contributed by atoms with E-state index in [4.69, 9.17) is 16.3 Å². The molecule has 0 saturated heterocycles. The maximum absolute atomic E-state index is 12.4. The second-order valence-electron chi connectivity index (χ2n) is 5.75.